The Morgan fingerprint density at radius 2 is 1.07 bits per heavy atom. The van der Waals surface area contributed by atoms with Crippen LogP contribution in [0.5, 0.6) is 11.5 Å². The number of aromatic hydroxyl groups is 2. The van der Waals surface area contributed by atoms with Gasteiger partial charge in [-0.3, -0.25) is 0 Å². The molecule has 0 bridgehead atoms. The minimum Gasteiger partial charge on any atom is -0.508 e. The van der Waals surface area contributed by atoms with Crippen LogP contribution in [0.4, 0.5) is 17.1 Å². The fourth-order valence-corrected chi connectivity index (χ4v) is 3.17. The molecule has 2 N–H and O–H groups in total. The van der Waals surface area contributed by atoms with E-state index in [1.54, 1.807) is 24.3 Å². The molecule has 0 aliphatic rings. The van der Waals surface area contributed by atoms with Gasteiger partial charge >= 0.3 is 0 Å². The van der Waals surface area contributed by atoms with Crippen molar-refractivity contribution in [1.82, 2.24) is 0 Å². The average molecular weight is 353 g/mol. The highest BCUT2D eigenvalue weighted by Gasteiger charge is 2.17. The summed E-state index contributed by atoms with van der Waals surface area (Å²) in [6.07, 6.45) is 0. The fraction of sp³-hybridized carbons (Fsp3) is 0. The van der Waals surface area contributed by atoms with Crippen molar-refractivity contribution in [2.75, 3.05) is 4.90 Å². The summed E-state index contributed by atoms with van der Waals surface area (Å²) in [5, 5.41) is 19.8. The molecule has 0 amide bonds. The van der Waals surface area contributed by atoms with E-state index in [1.165, 1.54) is 0 Å². The quantitative estimate of drug-likeness (QED) is 0.457. The summed E-state index contributed by atoms with van der Waals surface area (Å²) < 4.78 is 0. The van der Waals surface area contributed by atoms with Crippen molar-refractivity contribution in [3.05, 3.63) is 103 Å². The summed E-state index contributed by atoms with van der Waals surface area (Å²) in [5.41, 5.74) is 4.79. The van der Waals surface area contributed by atoms with Crippen LogP contribution in [0.15, 0.2) is 103 Å². The van der Waals surface area contributed by atoms with E-state index in [9.17, 15) is 10.2 Å². The molecule has 3 heteroatoms. The number of nitrogens with zero attached hydrogens (tertiary/aromatic N) is 1. The second kappa shape index (κ2) is 7.26. The highest BCUT2D eigenvalue weighted by Crippen LogP contribution is 2.42. The summed E-state index contributed by atoms with van der Waals surface area (Å²) in [5.74, 6) is 0.442. The summed E-state index contributed by atoms with van der Waals surface area (Å²) in [4.78, 5) is 2.11. The predicted molar refractivity (Wildman–Crippen MR) is 110 cm³/mol. The molecule has 132 valence electrons. The van der Waals surface area contributed by atoms with Crippen molar-refractivity contribution < 1.29 is 10.2 Å². The monoisotopic (exact) mass is 353 g/mol. The number of hydrogen-bond acceptors (Lipinski definition) is 3. The maximum absolute atomic E-state index is 10.1. The van der Waals surface area contributed by atoms with E-state index in [0.717, 1.165) is 28.2 Å². The maximum Gasteiger partial charge on any atom is 0.116 e. The van der Waals surface area contributed by atoms with Gasteiger partial charge in [-0.1, -0.05) is 48.5 Å². The zero-order valence-electron chi connectivity index (χ0n) is 14.7. The standard InChI is InChI=1S/C24H19NO2/c26-21-13-11-20(12-14-21)25(19-9-5-2-6-10-19)24-16-15-22(27)17-23(24)18-7-3-1-4-8-18/h1-17,26-27H. The summed E-state index contributed by atoms with van der Waals surface area (Å²) in [6.45, 7) is 0. The molecule has 0 atom stereocenters. The van der Waals surface area contributed by atoms with Gasteiger partial charge in [0.05, 0.1) is 5.69 Å². The van der Waals surface area contributed by atoms with E-state index < -0.39 is 0 Å². The Bertz CT molecular complexity index is 1030. The fourth-order valence-electron chi connectivity index (χ4n) is 3.17. The first-order valence-electron chi connectivity index (χ1n) is 8.75. The second-order valence-corrected chi connectivity index (χ2v) is 6.25. The predicted octanol–water partition coefficient (Wildman–Crippen LogP) is 6.23. The number of para-hydroxylation sites is 1. The van der Waals surface area contributed by atoms with E-state index in [1.807, 2.05) is 78.9 Å². The molecule has 4 aromatic carbocycles. The highest BCUT2D eigenvalue weighted by atomic mass is 16.3. The van der Waals surface area contributed by atoms with E-state index in [2.05, 4.69) is 4.90 Å². The van der Waals surface area contributed by atoms with Crippen LogP contribution in [0.25, 0.3) is 11.1 Å². The summed E-state index contributed by atoms with van der Waals surface area (Å²) >= 11 is 0. The van der Waals surface area contributed by atoms with Crippen LogP contribution in [0.2, 0.25) is 0 Å². The lowest BCUT2D eigenvalue weighted by atomic mass is 10.0. The smallest absolute Gasteiger partial charge is 0.116 e. The zero-order valence-corrected chi connectivity index (χ0v) is 14.7. The van der Waals surface area contributed by atoms with E-state index in [4.69, 9.17) is 0 Å². The number of rotatable bonds is 4. The molecule has 0 saturated heterocycles. The molecule has 0 heterocycles. The third kappa shape index (κ3) is 3.48. The van der Waals surface area contributed by atoms with Crippen LogP contribution in [0.3, 0.4) is 0 Å². The van der Waals surface area contributed by atoms with Crippen LogP contribution in [-0.2, 0) is 0 Å². The van der Waals surface area contributed by atoms with Crippen LogP contribution in [0, 0.1) is 0 Å². The van der Waals surface area contributed by atoms with Crippen LogP contribution in [-0.4, -0.2) is 10.2 Å². The molecule has 0 unspecified atom stereocenters. The Kier molecular flexibility index (Phi) is 4.50. The molecule has 4 aromatic rings. The Balaban J connectivity index is 1.95. The van der Waals surface area contributed by atoms with Gasteiger partial charge in [0.25, 0.3) is 0 Å². The number of benzene rings is 4. The molecule has 0 aliphatic carbocycles. The van der Waals surface area contributed by atoms with Gasteiger partial charge in [0.15, 0.2) is 0 Å². The number of phenols is 2. The van der Waals surface area contributed by atoms with E-state index in [-0.39, 0.29) is 11.5 Å². The van der Waals surface area contributed by atoms with Crippen molar-refractivity contribution in [2.24, 2.45) is 0 Å². The third-order valence-corrected chi connectivity index (χ3v) is 4.43. The first kappa shape index (κ1) is 16.7. The third-order valence-electron chi connectivity index (χ3n) is 4.43. The van der Waals surface area contributed by atoms with Crippen LogP contribution < -0.4 is 4.90 Å². The van der Waals surface area contributed by atoms with Gasteiger partial charge < -0.3 is 15.1 Å². The van der Waals surface area contributed by atoms with Gasteiger partial charge in [-0.15, -0.1) is 0 Å². The van der Waals surface area contributed by atoms with Gasteiger partial charge in [0.2, 0.25) is 0 Å². The first-order chi connectivity index (χ1) is 13.2. The molecule has 27 heavy (non-hydrogen) atoms. The molecule has 0 spiro atoms. The van der Waals surface area contributed by atoms with E-state index >= 15 is 0 Å². The topological polar surface area (TPSA) is 43.7 Å². The molecule has 0 aliphatic heterocycles. The highest BCUT2D eigenvalue weighted by molar-refractivity contribution is 5.88. The number of phenolic OH excluding ortho intramolecular Hbond substituents is 2. The molecular weight excluding hydrogens is 334 g/mol. The average Bonchev–Trinajstić information content (AvgIpc) is 2.72. The Labute approximate surface area is 158 Å². The second-order valence-electron chi connectivity index (χ2n) is 6.25. The maximum atomic E-state index is 10.1. The lowest BCUT2D eigenvalue weighted by Gasteiger charge is -2.28. The van der Waals surface area contributed by atoms with E-state index in [0.29, 0.717) is 0 Å². The minimum atomic E-state index is 0.219. The molecular formula is C24H19NO2. The molecule has 0 aromatic heterocycles. The number of hydrogen-bond donors (Lipinski definition) is 2. The molecule has 0 saturated carbocycles. The minimum absolute atomic E-state index is 0.219. The largest absolute Gasteiger partial charge is 0.508 e. The van der Waals surface area contributed by atoms with Crippen molar-refractivity contribution in [1.29, 1.82) is 0 Å². The van der Waals surface area contributed by atoms with Gasteiger partial charge in [0, 0.05) is 16.9 Å². The van der Waals surface area contributed by atoms with Crippen molar-refractivity contribution in [2.45, 2.75) is 0 Å². The van der Waals surface area contributed by atoms with Crippen molar-refractivity contribution in [3.8, 4) is 22.6 Å². The summed E-state index contributed by atoms with van der Waals surface area (Å²) in [7, 11) is 0. The van der Waals surface area contributed by atoms with Gasteiger partial charge in [-0.05, 0) is 60.2 Å². The molecule has 0 fully saturated rings. The Morgan fingerprint density at radius 3 is 1.74 bits per heavy atom. The van der Waals surface area contributed by atoms with Crippen LogP contribution in [0.1, 0.15) is 0 Å². The van der Waals surface area contributed by atoms with Crippen LogP contribution >= 0.6 is 0 Å². The lowest BCUT2D eigenvalue weighted by Crippen LogP contribution is -2.11. The zero-order chi connectivity index (χ0) is 18.6. The molecule has 3 nitrogen and oxygen atoms in total. The summed E-state index contributed by atoms with van der Waals surface area (Å²) in [6, 6.07) is 32.5. The van der Waals surface area contributed by atoms with Gasteiger partial charge in [-0.25, -0.2) is 0 Å². The van der Waals surface area contributed by atoms with Crippen molar-refractivity contribution >= 4 is 17.1 Å². The Hall–Kier alpha value is -3.72. The van der Waals surface area contributed by atoms with Gasteiger partial charge in [-0.2, -0.15) is 0 Å². The Morgan fingerprint density at radius 1 is 0.519 bits per heavy atom. The normalized spacial score (nSPS) is 10.5. The molecule has 4 rings (SSSR count). The SMILES string of the molecule is Oc1ccc(N(c2ccccc2)c2ccc(O)cc2-c2ccccc2)cc1. The van der Waals surface area contributed by atoms with Crippen molar-refractivity contribution in [3.63, 3.8) is 0 Å². The lowest BCUT2D eigenvalue weighted by molar-refractivity contribution is 0.475. The number of anilines is 3. The van der Waals surface area contributed by atoms with Gasteiger partial charge in [0.1, 0.15) is 11.5 Å². The first-order valence-corrected chi connectivity index (χ1v) is 8.75. The molecule has 0 radical (unpaired) electrons.